The first kappa shape index (κ1) is 14.7. The number of piperidine rings is 1. The van der Waals surface area contributed by atoms with Crippen molar-refractivity contribution in [1.82, 2.24) is 5.32 Å². The number of benzene rings is 1. The normalized spacial score (nSPS) is 18.3. The van der Waals surface area contributed by atoms with E-state index in [1.165, 1.54) is 0 Å². The third kappa shape index (κ3) is 3.68. The first-order chi connectivity index (χ1) is 10.2. The summed E-state index contributed by atoms with van der Waals surface area (Å²) in [5.41, 5.74) is 0.734. The Labute approximate surface area is 132 Å². The number of nitrogens with one attached hydrogen (secondary N) is 2. The van der Waals surface area contributed by atoms with Crippen molar-refractivity contribution in [1.29, 1.82) is 0 Å². The SMILES string of the molecule is O=C(CC1CCNCC1)Nc1cc2c(cc1Br)OCCO2. The number of carbonyl (C=O) groups is 1. The predicted molar refractivity (Wildman–Crippen MR) is 84.0 cm³/mol. The Balaban J connectivity index is 1.65. The Morgan fingerprint density at radius 2 is 1.90 bits per heavy atom. The molecule has 2 aliphatic heterocycles. The van der Waals surface area contributed by atoms with Gasteiger partial charge in [-0.05, 0) is 47.8 Å². The number of halogens is 1. The van der Waals surface area contributed by atoms with Gasteiger partial charge in [-0.1, -0.05) is 0 Å². The molecule has 3 rings (SSSR count). The zero-order valence-electron chi connectivity index (χ0n) is 11.8. The van der Waals surface area contributed by atoms with Gasteiger partial charge in [-0.2, -0.15) is 0 Å². The van der Waals surface area contributed by atoms with E-state index in [0.717, 1.165) is 36.1 Å². The van der Waals surface area contributed by atoms with E-state index < -0.39 is 0 Å². The zero-order valence-corrected chi connectivity index (χ0v) is 13.4. The summed E-state index contributed by atoms with van der Waals surface area (Å²) in [6.07, 6.45) is 2.70. The smallest absolute Gasteiger partial charge is 0.224 e. The lowest BCUT2D eigenvalue weighted by Gasteiger charge is -2.23. The van der Waals surface area contributed by atoms with Crippen LogP contribution in [0.3, 0.4) is 0 Å². The minimum Gasteiger partial charge on any atom is -0.486 e. The second-order valence-corrected chi connectivity index (χ2v) is 6.28. The standard InChI is InChI=1S/C15H19BrN2O3/c16-11-8-13-14(21-6-5-20-13)9-12(11)18-15(19)7-10-1-3-17-4-2-10/h8-10,17H,1-7H2,(H,18,19). The Hall–Kier alpha value is -1.27. The molecule has 0 unspecified atom stereocenters. The Morgan fingerprint density at radius 1 is 1.24 bits per heavy atom. The minimum absolute atomic E-state index is 0.0549. The Kier molecular flexibility index (Phi) is 4.65. The molecule has 1 aromatic carbocycles. The summed E-state index contributed by atoms with van der Waals surface area (Å²) >= 11 is 3.47. The molecule has 1 amide bonds. The van der Waals surface area contributed by atoms with Gasteiger partial charge in [0, 0.05) is 23.0 Å². The molecule has 0 spiro atoms. The lowest BCUT2D eigenvalue weighted by Crippen LogP contribution is -2.30. The van der Waals surface area contributed by atoms with Crippen molar-refractivity contribution in [3.05, 3.63) is 16.6 Å². The van der Waals surface area contributed by atoms with Crippen LogP contribution in [0.2, 0.25) is 0 Å². The molecule has 0 saturated carbocycles. The number of amides is 1. The molecule has 5 nitrogen and oxygen atoms in total. The molecule has 0 aromatic heterocycles. The van der Waals surface area contributed by atoms with Crippen LogP contribution in [-0.4, -0.2) is 32.2 Å². The maximum absolute atomic E-state index is 12.2. The molecule has 6 heteroatoms. The summed E-state index contributed by atoms with van der Waals surface area (Å²) in [5.74, 6) is 1.92. The topological polar surface area (TPSA) is 59.6 Å². The van der Waals surface area contributed by atoms with Crippen LogP contribution in [0, 0.1) is 5.92 Å². The summed E-state index contributed by atoms with van der Waals surface area (Å²) < 4.78 is 11.9. The van der Waals surface area contributed by atoms with Gasteiger partial charge in [0.15, 0.2) is 11.5 Å². The second kappa shape index (κ2) is 6.66. The summed E-state index contributed by atoms with van der Waals surface area (Å²) in [4.78, 5) is 12.2. The fourth-order valence-electron chi connectivity index (χ4n) is 2.71. The van der Waals surface area contributed by atoms with Crippen LogP contribution < -0.4 is 20.1 Å². The Morgan fingerprint density at radius 3 is 2.62 bits per heavy atom. The number of rotatable bonds is 3. The highest BCUT2D eigenvalue weighted by Crippen LogP contribution is 2.38. The first-order valence-electron chi connectivity index (χ1n) is 7.32. The molecule has 21 heavy (non-hydrogen) atoms. The van der Waals surface area contributed by atoms with E-state index in [9.17, 15) is 4.79 Å². The van der Waals surface area contributed by atoms with Crippen molar-refractivity contribution in [2.24, 2.45) is 5.92 Å². The van der Waals surface area contributed by atoms with Gasteiger partial charge in [0.2, 0.25) is 5.91 Å². The van der Waals surface area contributed by atoms with E-state index in [1.807, 2.05) is 12.1 Å². The summed E-state index contributed by atoms with van der Waals surface area (Å²) in [7, 11) is 0. The van der Waals surface area contributed by atoms with Gasteiger partial charge in [0.05, 0.1) is 5.69 Å². The number of hydrogen-bond acceptors (Lipinski definition) is 4. The average Bonchev–Trinajstić information content (AvgIpc) is 2.49. The molecule has 1 saturated heterocycles. The Bertz CT molecular complexity index is 530. The van der Waals surface area contributed by atoms with Gasteiger partial charge in [-0.3, -0.25) is 4.79 Å². The van der Waals surface area contributed by atoms with Gasteiger partial charge in [-0.15, -0.1) is 0 Å². The van der Waals surface area contributed by atoms with E-state index in [4.69, 9.17) is 9.47 Å². The molecule has 2 aliphatic rings. The monoisotopic (exact) mass is 354 g/mol. The van der Waals surface area contributed by atoms with E-state index in [0.29, 0.717) is 37.1 Å². The van der Waals surface area contributed by atoms with Crippen LogP contribution in [0.25, 0.3) is 0 Å². The summed E-state index contributed by atoms with van der Waals surface area (Å²) in [6.45, 7) is 3.11. The highest BCUT2D eigenvalue weighted by atomic mass is 79.9. The van der Waals surface area contributed by atoms with Crippen LogP contribution in [-0.2, 0) is 4.79 Å². The van der Waals surface area contributed by atoms with Crippen LogP contribution in [0.1, 0.15) is 19.3 Å². The van der Waals surface area contributed by atoms with Crippen LogP contribution in [0.5, 0.6) is 11.5 Å². The maximum atomic E-state index is 12.2. The van der Waals surface area contributed by atoms with Crippen molar-refractivity contribution < 1.29 is 14.3 Å². The van der Waals surface area contributed by atoms with Gasteiger partial charge < -0.3 is 20.1 Å². The average molecular weight is 355 g/mol. The third-order valence-electron chi connectivity index (χ3n) is 3.84. The van der Waals surface area contributed by atoms with Crippen molar-refractivity contribution in [2.45, 2.75) is 19.3 Å². The molecule has 2 N–H and O–H groups in total. The fraction of sp³-hybridized carbons (Fsp3) is 0.533. The predicted octanol–water partition coefficient (Wildman–Crippen LogP) is 2.55. The highest BCUT2D eigenvalue weighted by molar-refractivity contribution is 9.10. The molecule has 0 bridgehead atoms. The number of ether oxygens (including phenoxy) is 2. The van der Waals surface area contributed by atoms with Crippen molar-refractivity contribution in [3.8, 4) is 11.5 Å². The van der Waals surface area contributed by atoms with Gasteiger partial charge >= 0.3 is 0 Å². The van der Waals surface area contributed by atoms with E-state index in [-0.39, 0.29) is 5.91 Å². The number of anilines is 1. The lowest BCUT2D eigenvalue weighted by molar-refractivity contribution is -0.117. The van der Waals surface area contributed by atoms with Crippen molar-refractivity contribution in [2.75, 3.05) is 31.6 Å². The molecule has 114 valence electrons. The van der Waals surface area contributed by atoms with Crippen molar-refractivity contribution >= 4 is 27.5 Å². The van der Waals surface area contributed by atoms with Crippen LogP contribution in [0.4, 0.5) is 5.69 Å². The quantitative estimate of drug-likeness (QED) is 0.875. The van der Waals surface area contributed by atoms with Crippen LogP contribution >= 0.6 is 15.9 Å². The van der Waals surface area contributed by atoms with Gasteiger partial charge in [-0.25, -0.2) is 0 Å². The number of fused-ring (bicyclic) bond motifs is 1. The summed E-state index contributed by atoms with van der Waals surface area (Å²) in [5, 5.41) is 6.28. The zero-order chi connectivity index (χ0) is 14.7. The summed E-state index contributed by atoms with van der Waals surface area (Å²) in [6, 6.07) is 3.66. The molecule has 1 aromatic rings. The third-order valence-corrected chi connectivity index (χ3v) is 4.49. The molecule has 0 aliphatic carbocycles. The van der Waals surface area contributed by atoms with Crippen molar-refractivity contribution in [3.63, 3.8) is 0 Å². The number of hydrogen-bond donors (Lipinski definition) is 2. The largest absolute Gasteiger partial charge is 0.486 e. The lowest BCUT2D eigenvalue weighted by atomic mass is 9.94. The van der Waals surface area contributed by atoms with Gasteiger partial charge in [0.1, 0.15) is 13.2 Å². The molecule has 2 heterocycles. The van der Waals surface area contributed by atoms with Crippen LogP contribution in [0.15, 0.2) is 16.6 Å². The molecular formula is C15H19BrN2O3. The minimum atomic E-state index is 0.0549. The van der Waals surface area contributed by atoms with E-state index >= 15 is 0 Å². The molecule has 1 fully saturated rings. The molecule has 0 radical (unpaired) electrons. The van der Waals surface area contributed by atoms with E-state index in [2.05, 4.69) is 26.6 Å². The molecule has 0 atom stereocenters. The highest BCUT2D eigenvalue weighted by Gasteiger charge is 2.19. The van der Waals surface area contributed by atoms with Gasteiger partial charge in [0.25, 0.3) is 0 Å². The fourth-order valence-corrected chi connectivity index (χ4v) is 3.13. The second-order valence-electron chi connectivity index (χ2n) is 5.42. The van der Waals surface area contributed by atoms with E-state index in [1.54, 1.807) is 0 Å². The molecular weight excluding hydrogens is 336 g/mol. The maximum Gasteiger partial charge on any atom is 0.224 e. The number of carbonyl (C=O) groups excluding carboxylic acids is 1. The first-order valence-corrected chi connectivity index (χ1v) is 8.11.